The summed E-state index contributed by atoms with van der Waals surface area (Å²) in [7, 11) is 3.04. The molecule has 3 atom stereocenters. The lowest BCUT2D eigenvalue weighted by molar-refractivity contribution is -0.135. The number of ether oxygens (including phenoxy) is 2. The normalized spacial score (nSPS) is 26.0. The van der Waals surface area contributed by atoms with Gasteiger partial charge in [0.15, 0.2) is 0 Å². The first-order chi connectivity index (χ1) is 17.4. The topological polar surface area (TPSA) is 88.1 Å². The zero-order valence-electron chi connectivity index (χ0n) is 21.2. The molecule has 5 rings (SSSR count). The first-order valence-corrected chi connectivity index (χ1v) is 13.9. The number of aliphatic hydroxyl groups is 1. The number of anilines is 1. The van der Waals surface area contributed by atoms with Gasteiger partial charge in [-0.3, -0.25) is 9.69 Å². The molecule has 1 aromatic heterocycles. The van der Waals surface area contributed by atoms with Gasteiger partial charge in [0.25, 0.3) is 0 Å². The molecule has 0 radical (unpaired) electrons. The van der Waals surface area contributed by atoms with Crippen LogP contribution in [0.3, 0.4) is 0 Å². The lowest BCUT2D eigenvalue weighted by Crippen LogP contribution is -2.56. The summed E-state index contributed by atoms with van der Waals surface area (Å²) in [5.41, 5.74) is 1.96. The van der Waals surface area contributed by atoms with Crippen molar-refractivity contribution in [2.45, 2.75) is 69.4 Å². The standard InChI is InChI=1S/C28H36N2O5S/c1-34-19-12-10-18(11-13-19)25-21-8-5-6-14-28(21,33)15-16-30(25)17-23(31)29-26-24(27(32)35-2)20-7-3-4-9-22(20)36-26/h10-13,21,25,33H,3-9,14-17H2,1-2H3,(H,29,31)/t21-,25+,28-/m0/s1. The number of rotatable bonds is 6. The summed E-state index contributed by atoms with van der Waals surface area (Å²) in [4.78, 5) is 29.4. The Kier molecular flexibility index (Phi) is 7.37. The maximum absolute atomic E-state index is 13.4. The molecule has 36 heavy (non-hydrogen) atoms. The van der Waals surface area contributed by atoms with E-state index in [2.05, 4.69) is 22.3 Å². The first kappa shape index (κ1) is 25.2. The highest BCUT2D eigenvalue weighted by molar-refractivity contribution is 7.17. The van der Waals surface area contributed by atoms with Crippen LogP contribution in [-0.4, -0.2) is 54.8 Å². The highest BCUT2D eigenvalue weighted by atomic mass is 32.1. The molecule has 194 valence electrons. The van der Waals surface area contributed by atoms with Crippen molar-refractivity contribution in [1.82, 2.24) is 4.90 Å². The summed E-state index contributed by atoms with van der Waals surface area (Å²) >= 11 is 1.51. The van der Waals surface area contributed by atoms with Crippen molar-refractivity contribution in [2.75, 3.05) is 32.6 Å². The van der Waals surface area contributed by atoms with E-state index in [1.54, 1.807) is 7.11 Å². The zero-order valence-corrected chi connectivity index (χ0v) is 22.0. The lowest BCUT2D eigenvalue weighted by atomic mass is 9.66. The maximum atomic E-state index is 13.4. The Morgan fingerprint density at radius 2 is 1.89 bits per heavy atom. The molecule has 1 aliphatic heterocycles. The van der Waals surface area contributed by atoms with Crippen molar-refractivity contribution in [1.29, 1.82) is 0 Å². The SMILES string of the molecule is COC(=O)c1c(NC(=O)CN2CC[C@@]3(O)CCCC[C@H]3[C@H]2c2ccc(OC)cc2)sc2c1CCCC2. The number of likely N-dealkylation sites (tertiary alicyclic amines) is 1. The number of esters is 1. The Morgan fingerprint density at radius 3 is 2.64 bits per heavy atom. The molecule has 1 saturated heterocycles. The van der Waals surface area contributed by atoms with E-state index in [0.717, 1.165) is 68.2 Å². The van der Waals surface area contributed by atoms with E-state index in [9.17, 15) is 14.7 Å². The number of nitrogens with zero attached hydrogens (tertiary/aromatic N) is 1. The number of nitrogens with one attached hydrogen (secondary N) is 1. The molecule has 8 heteroatoms. The summed E-state index contributed by atoms with van der Waals surface area (Å²) in [5, 5.41) is 15.2. The number of hydrogen-bond donors (Lipinski definition) is 2. The van der Waals surface area contributed by atoms with Crippen molar-refractivity contribution in [2.24, 2.45) is 5.92 Å². The predicted molar refractivity (Wildman–Crippen MR) is 140 cm³/mol. The highest BCUT2D eigenvalue weighted by Gasteiger charge is 2.49. The van der Waals surface area contributed by atoms with Crippen LogP contribution in [0.5, 0.6) is 5.75 Å². The van der Waals surface area contributed by atoms with Crippen LogP contribution in [0.2, 0.25) is 0 Å². The predicted octanol–water partition coefficient (Wildman–Crippen LogP) is 4.73. The zero-order chi connectivity index (χ0) is 25.3. The monoisotopic (exact) mass is 512 g/mol. The number of piperidine rings is 1. The van der Waals surface area contributed by atoms with Crippen LogP contribution >= 0.6 is 11.3 Å². The van der Waals surface area contributed by atoms with Crippen molar-refractivity contribution in [3.8, 4) is 5.75 Å². The molecule has 1 aromatic carbocycles. The third-order valence-corrected chi connectivity index (χ3v) is 9.50. The molecule has 2 aromatic rings. The van der Waals surface area contributed by atoms with E-state index in [4.69, 9.17) is 9.47 Å². The van der Waals surface area contributed by atoms with Crippen LogP contribution in [0.25, 0.3) is 0 Å². The van der Waals surface area contributed by atoms with Gasteiger partial charge in [0.1, 0.15) is 10.8 Å². The quantitative estimate of drug-likeness (QED) is 0.544. The average molecular weight is 513 g/mol. The summed E-state index contributed by atoms with van der Waals surface area (Å²) < 4.78 is 10.4. The number of carbonyl (C=O) groups excluding carboxylic acids is 2. The number of fused-ring (bicyclic) bond motifs is 2. The van der Waals surface area contributed by atoms with Gasteiger partial charge in [-0.1, -0.05) is 25.0 Å². The minimum absolute atomic E-state index is 0.0580. The Bertz CT molecular complexity index is 1110. The van der Waals surface area contributed by atoms with Gasteiger partial charge in [0.2, 0.25) is 5.91 Å². The molecule has 0 bridgehead atoms. The summed E-state index contributed by atoms with van der Waals surface area (Å²) in [6.45, 7) is 0.842. The molecule has 2 N–H and O–H groups in total. The van der Waals surface area contributed by atoms with E-state index in [1.807, 2.05) is 12.1 Å². The van der Waals surface area contributed by atoms with Crippen LogP contribution < -0.4 is 10.1 Å². The van der Waals surface area contributed by atoms with E-state index in [1.165, 1.54) is 23.3 Å². The van der Waals surface area contributed by atoms with Gasteiger partial charge in [0, 0.05) is 23.4 Å². The number of carbonyl (C=O) groups is 2. The Balaban J connectivity index is 1.40. The van der Waals surface area contributed by atoms with Gasteiger partial charge in [-0.15, -0.1) is 11.3 Å². The summed E-state index contributed by atoms with van der Waals surface area (Å²) in [5.74, 6) is 0.334. The second-order valence-electron chi connectivity index (χ2n) is 10.3. The molecular formula is C28H36N2O5S. The van der Waals surface area contributed by atoms with Crippen LogP contribution in [0, 0.1) is 5.92 Å². The van der Waals surface area contributed by atoms with Gasteiger partial charge in [0.05, 0.1) is 31.9 Å². The number of thiophene rings is 1. The molecule has 0 spiro atoms. The molecule has 7 nitrogen and oxygen atoms in total. The van der Waals surface area contributed by atoms with Crippen molar-refractivity contribution < 1.29 is 24.2 Å². The fraction of sp³-hybridized carbons (Fsp3) is 0.571. The molecule has 1 amide bonds. The smallest absolute Gasteiger partial charge is 0.341 e. The minimum Gasteiger partial charge on any atom is -0.497 e. The Labute approximate surface area is 216 Å². The van der Waals surface area contributed by atoms with Gasteiger partial charge in [-0.25, -0.2) is 4.79 Å². The molecule has 2 aliphatic carbocycles. The third kappa shape index (κ3) is 4.78. The maximum Gasteiger partial charge on any atom is 0.341 e. The summed E-state index contributed by atoms with van der Waals surface area (Å²) in [6, 6.07) is 7.94. The molecule has 3 aliphatic rings. The molecule has 2 heterocycles. The van der Waals surface area contributed by atoms with Gasteiger partial charge in [-0.2, -0.15) is 0 Å². The van der Waals surface area contributed by atoms with Crippen molar-refractivity contribution >= 4 is 28.2 Å². The molecule has 1 saturated carbocycles. The minimum atomic E-state index is -0.694. The number of hydrogen-bond acceptors (Lipinski definition) is 7. The second kappa shape index (κ2) is 10.5. The first-order valence-electron chi connectivity index (χ1n) is 13.1. The van der Waals surface area contributed by atoms with Gasteiger partial charge < -0.3 is 19.9 Å². The van der Waals surface area contributed by atoms with E-state index >= 15 is 0 Å². The Morgan fingerprint density at radius 1 is 1.11 bits per heavy atom. The van der Waals surface area contributed by atoms with E-state index < -0.39 is 5.60 Å². The fourth-order valence-corrected chi connectivity index (χ4v) is 7.78. The number of aryl methyl sites for hydroxylation is 1. The third-order valence-electron chi connectivity index (χ3n) is 8.29. The molecular weight excluding hydrogens is 476 g/mol. The van der Waals surface area contributed by atoms with Crippen molar-refractivity contribution in [3.05, 3.63) is 45.8 Å². The fourth-order valence-electron chi connectivity index (χ4n) is 6.49. The van der Waals surface area contributed by atoms with Crippen molar-refractivity contribution in [3.63, 3.8) is 0 Å². The van der Waals surface area contributed by atoms with Gasteiger partial charge >= 0.3 is 5.97 Å². The second-order valence-corrected chi connectivity index (χ2v) is 11.5. The largest absolute Gasteiger partial charge is 0.497 e. The number of methoxy groups -OCH3 is 2. The van der Waals surface area contributed by atoms with Crippen LogP contribution in [-0.2, 0) is 22.4 Å². The number of benzene rings is 1. The van der Waals surface area contributed by atoms with Gasteiger partial charge in [-0.05, 0) is 68.2 Å². The average Bonchev–Trinajstić information content (AvgIpc) is 3.26. The lowest BCUT2D eigenvalue weighted by Gasteiger charge is -2.52. The van der Waals surface area contributed by atoms with E-state index in [-0.39, 0.29) is 30.4 Å². The molecule has 0 unspecified atom stereocenters. The van der Waals surface area contributed by atoms with E-state index in [0.29, 0.717) is 23.5 Å². The Hall–Kier alpha value is -2.42. The number of amides is 1. The van der Waals surface area contributed by atoms with Crippen LogP contribution in [0.15, 0.2) is 24.3 Å². The molecule has 2 fully saturated rings. The summed E-state index contributed by atoms with van der Waals surface area (Å²) in [6.07, 6.45) is 8.47. The highest BCUT2D eigenvalue weighted by Crippen LogP contribution is 2.49. The van der Waals surface area contributed by atoms with Crippen LogP contribution in [0.4, 0.5) is 5.00 Å². The van der Waals surface area contributed by atoms with Crippen LogP contribution in [0.1, 0.15) is 77.3 Å².